The van der Waals surface area contributed by atoms with Crippen molar-refractivity contribution >= 4 is 23.6 Å². The van der Waals surface area contributed by atoms with Crippen molar-refractivity contribution in [2.45, 2.75) is 44.3 Å². The zero-order valence-electron chi connectivity index (χ0n) is 18.1. The molecule has 2 fully saturated rings. The van der Waals surface area contributed by atoms with Crippen LogP contribution in [0.1, 0.15) is 44.1 Å². The fourth-order valence-corrected chi connectivity index (χ4v) is 4.73. The van der Waals surface area contributed by atoms with E-state index in [0.717, 1.165) is 42.7 Å². The number of hydrogen-bond donors (Lipinski definition) is 1. The van der Waals surface area contributed by atoms with Crippen LogP contribution in [0.3, 0.4) is 0 Å². The molecule has 2 aromatic rings. The highest BCUT2D eigenvalue weighted by molar-refractivity contribution is 5.94. The van der Waals surface area contributed by atoms with Crippen molar-refractivity contribution < 1.29 is 19.1 Å². The minimum absolute atomic E-state index is 0.00799. The summed E-state index contributed by atoms with van der Waals surface area (Å²) in [6, 6.07) is 15.4. The second kappa shape index (κ2) is 8.69. The molecule has 0 unspecified atom stereocenters. The minimum Gasteiger partial charge on any atom is -0.448 e. The highest BCUT2D eigenvalue weighted by Gasteiger charge is 2.44. The number of carbonyl (C=O) groups is 2. The molecule has 1 saturated heterocycles. The van der Waals surface area contributed by atoms with Gasteiger partial charge < -0.3 is 19.7 Å². The van der Waals surface area contributed by atoms with Crippen LogP contribution in [0.15, 0.2) is 54.6 Å². The van der Waals surface area contributed by atoms with Crippen molar-refractivity contribution in [3.63, 3.8) is 0 Å². The van der Waals surface area contributed by atoms with Crippen molar-refractivity contribution in [3.8, 4) is 11.5 Å². The van der Waals surface area contributed by atoms with Gasteiger partial charge in [0.05, 0.1) is 0 Å². The summed E-state index contributed by atoms with van der Waals surface area (Å²) in [7, 11) is 0. The number of likely N-dealkylation sites (tertiary alicyclic amines) is 1. The molecule has 1 aliphatic carbocycles. The van der Waals surface area contributed by atoms with Crippen LogP contribution in [0.2, 0.25) is 0 Å². The Labute approximate surface area is 188 Å². The van der Waals surface area contributed by atoms with Crippen LogP contribution >= 0.6 is 0 Å². The van der Waals surface area contributed by atoms with Crippen molar-refractivity contribution in [2.24, 2.45) is 5.92 Å². The summed E-state index contributed by atoms with van der Waals surface area (Å²) < 4.78 is 12.1. The van der Waals surface area contributed by atoms with E-state index >= 15 is 0 Å². The monoisotopic (exact) mass is 432 g/mol. The lowest BCUT2D eigenvalue weighted by Gasteiger charge is -2.30. The average Bonchev–Trinajstić information content (AvgIpc) is 3.43. The van der Waals surface area contributed by atoms with E-state index in [-0.39, 0.29) is 17.7 Å². The highest BCUT2D eigenvalue weighted by atomic mass is 16.7. The molecule has 32 heavy (non-hydrogen) atoms. The van der Waals surface area contributed by atoms with E-state index in [9.17, 15) is 9.59 Å². The lowest BCUT2D eigenvalue weighted by molar-refractivity contribution is -0.130. The SMILES string of the molecule is O=C(Nc1ccc2c(c1)OC1(CCCC1)O2)C1CCN(C(=O)/C=C/c2ccccc2)CC1. The number of hydrogen-bond acceptors (Lipinski definition) is 4. The van der Waals surface area contributed by atoms with Crippen LogP contribution in [-0.2, 0) is 9.59 Å². The molecular formula is C26H28N2O4. The van der Waals surface area contributed by atoms with E-state index in [1.807, 2.05) is 59.5 Å². The first-order valence-corrected chi connectivity index (χ1v) is 11.5. The van der Waals surface area contributed by atoms with E-state index in [0.29, 0.717) is 31.7 Å². The number of anilines is 1. The molecule has 2 aromatic carbocycles. The molecule has 0 radical (unpaired) electrons. The maximum absolute atomic E-state index is 12.8. The van der Waals surface area contributed by atoms with Gasteiger partial charge in [-0.05, 0) is 49.5 Å². The Morgan fingerprint density at radius 3 is 2.44 bits per heavy atom. The molecule has 6 heteroatoms. The topological polar surface area (TPSA) is 67.9 Å². The summed E-state index contributed by atoms with van der Waals surface area (Å²) >= 11 is 0. The first-order valence-electron chi connectivity index (χ1n) is 11.5. The molecule has 2 aliphatic heterocycles. The van der Waals surface area contributed by atoms with Crippen molar-refractivity contribution in [1.82, 2.24) is 4.90 Å². The van der Waals surface area contributed by atoms with Gasteiger partial charge in [-0.25, -0.2) is 0 Å². The van der Waals surface area contributed by atoms with Gasteiger partial charge in [0.1, 0.15) is 0 Å². The van der Waals surface area contributed by atoms with Crippen LogP contribution < -0.4 is 14.8 Å². The van der Waals surface area contributed by atoms with Gasteiger partial charge in [0.2, 0.25) is 11.8 Å². The van der Waals surface area contributed by atoms with E-state index in [1.165, 1.54) is 0 Å². The molecule has 2 amide bonds. The number of nitrogens with one attached hydrogen (secondary N) is 1. The number of amides is 2. The zero-order chi connectivity index (χ0) is 22.0. The summed E-state index contributed by atoms with van der Waals surface area (Å²) in [5.41, 5.74) is 1.72. The fourth-order valence-electron chi connectivity index (χ4n) is 4.73. The van der Waals surface area contributed by atoms with Crippen LogP contribution in [0.5, 0.6) is 11.5 Å². The number of fused-ring (bicyclic) bond motifs is 1. The van der Waals surface area contributed by atoms with Gasteiger partial charge in [-0.3, -0.25) is 9.59 Å². The summed E-state index contributed by atoms with van der Waals surface area (Å²) in [4.78, 5) is 27.1. The smallest absolute Gasteiger partial charge is 0.251 e. The Balaban J connectivity index is 1.13. The summed E-state index contributed by atoms with van der Waals surface area (Å²) in [6.45, 7) is 1.17. The number of ether oxygens (including phenoxy) is 2. The second-order valence-electron chi connectivity index (χ2n) is 8.82. The second-order valence-corrected chi connectivity index (χ2v) is 8.82. The minimum atomic E-state index is -0.501. The highest BCUT2D eigenvalue weighted by Crippen LogP contribution is 2.47. The molecule has 6 nitrogen and oxygen atoms in total. The lowest BCUT2D eigenvalue weighted by atomic mass is 9.95. The third kappa shape index (κ3) is 4.35. The van der Waals surface area contributed by atoms with Gasteiger partial charge in [0, 0.05) is 49.7 Å². The molecule has 3 aliphatic rings. The standard InChI is InChI=1S/C26H28N2O4/c29-24(11-8-19-6-2-1-3-7-19)28-16-12-20(13-17-28)25(30)27-21-9-10-22-23(18-21)32-26(31-22)14-4-5-15-26/h1-3,6-11,18,20H,4-5,12-17H2,(H,27,30)/b11-8+. The normalized spacial score (nSPS) is 19.6. The molecule has 2 heterocycles. The van der Waals surface area contributed by atoms with Crippen molar-refractivity contribution in [1.29, 1.82) is 0 Å². The summed E-state index contributed by atoms with van der Waals surface area (Å²) in [6.07, 6.45) is 8.79. The Morgan fingerprint density at radius 1 is 0.969 bits per heavy atom. The number of benzene rings is 2. The first-order chi connectivity index (χ1) is 15.6. The van der Waals surface area contributed by atoms with Crippen molar-refractivity contribution in [3.05, 3.63) is 60.2 Å². The third-order valence-corrected chi connectivity index (χ3v) is 6.56. The molecular weight excluding hydrogens is 404 g/mol. The van der Waals surface area contributed by atoms with Crippen LogP contribution in [0.4, 0.5) is 5.69 Å². The predicted octanol–water partition coefficient (Wildman–Crippen LogP) is 4.62. The molecule has 1 N–H and O–H groups in total. The number of rotatable bonds is 4. The van der Waals surface area contributed by atoms with Gasteiger partial charge in [-0.1, -0.05) is 30.3 Å². The molecule has 1 spiro atoms. The van der Waals surface area contributed by atoms with Gasteiger partial charge in [-0.2, -0.15) is 0 Å². The maximum Gasteiger partial charge on any atom is 0.251 e. The van der Waals surface area contributed by atoms with Crippen molar-refractivity contribution in [2.75, 3.05) is 18.4 Å². The Hall–Kier alpha value is -3.28. The largest absolute Gasteiger partial charge is 0.448 e. The van der Waals surface area contributed by atoms with Gasteiger partial charge in [-0.15, -0.1) is 0 Å². The van der Waals surface area contributed by atoms with Crippen LogP contribution in [0, 0.1) is 5.92 Å². The molecule has 0 aromatic heterocycles. The maximum atomic E-state index is 12.8. The van der Waals surface area contributed by atoms with Crippen LogP contribution in [0.25, 0.3) is 6.08 Å². The number of nitrogens with zero attached hydrogens (tertiary/aromatic N) is 1. The lowest BCUT2D eigenvalue weighted by Crippen LogP contribution is -2.40. The van der Waals surface area contributed by atoms with E-state index < -0.39 is 5.79 Å². The van der Waals surface area contributed by atoms with Gasteiger partial charge in [0.25, 0.3) is 5.79 Å². The quantitative estimate of drug-likeness (QED) is 0.716. The molecule has 5 rings (SSSR count). The van der Waals surface area contributed by atoms with Gasteiger partial charge >= 0.3 is 0 Å². The van der Waals surface area contributed by atoms with E-state index in [4.69, 9.17) is 9.47 Å². The fraction of sp³-hybridized carbons (Fsp3) is 0.385. The average molecular weight is 433 g/mol. The summed E-state index contributed by atoms with van der Waals surface area (Å²) in [5, 5.41) is 3.02. The Kier molecular flexibility index (Phi) is 5.60. The Morgan fingerprint density at radius 2 is 1.69 bits per heavy atom. The molecule has 1 saturated carbocycles. The summed E-state index contributed by atoms with van der Waals surface area (Å²) in [5.74, 6) is 0.828. The van der Waals surface area contributed by atoms with Gasteiger partial charge in [0.15, 0.2) is 11.5 Å². The Bertz CT molecular complexity index is 1020. The number of piperidine rings is 1. The first kappa shape index (κ1) is 20.6. The van der Waals surface area contributed by atoms with Crippen LogP contribution in [-0.4, -0.2) is 35.6 Å². The third-order valence-electron chi connectivity index (χ3n) is 6.56. The zero-order valence-corrected chi connectivity index (χ0v) is 18.1. The van der Waals surface area contributed by atoms with E-state index in [1.54, 1.807) is 6.08 Å². The molecule has 0 bridgehead atoms. The predicted molar refractivity (Wildman–Crippen MR) is 122 cm³/mol. The molecule has 166 valence electrons. The molecule has 0 atom stereocenters. The number of carbonyl (C=O) groups excluding carboxylic acids is 2. The van der Waals surface area contributed by atoms with E-state index in [2.05, 4.69) is 5.32 Å².